The Morgan fingerprint density at radius 3 is 3.08 bits per heavy atom. The highest BCUT2D eigenvalue weighted by Crippen LogP contribution is 2.61. The van der Waals surface area contributed by atoms with Crippen LogP contribution in [-0.2, 0) is 23.2 Å². The van der Waals surface area contributed by atoms with Crippen LogP contribution in [0.15, 0.2) is 36.7 Å². The van der Waals surface area contributed by atoms with Gasteiger partial charge in [0, 0.05) is 24.9 Å². The summed E-state index contributed by atoms with van der Waals surface area (Å²) in [6.07, 6.45) is 6.29. The molecule has 1 aromatic carbocycles. The summed E-state index contributed by atoms with van der Waals surface area (Å²) in [5.41, 5.74) is 3.15. The number of fused-ring (bicyclic) bond motifs is 2. The number of nitro groups is 1. The topological polar surface area (TPSA) is 90.1 Å². The number of benzene rings is 1. The van der Waals surface area contributed by atoms with Gasteiger partial charge in [-0.2, -0.15) is 5.10 Å². The van der Waals surface area contributed by atoms with Crippen LogP contribution in [0.1, 0.15) is 30.4 Å². The lowest BCUT2D eigenvalue weighted by Gasteiger charge is -2.12. The number of amides is 1. The highest BCUT2D eigenvalue weighted by atomic mass is 16.6. The minimum absolute atomic E-state index is 0.0357. The number of aryl methyl sites for hydroxylation is 2. The van der Waals surface area contributed by atoms with Crippen molar-refractivity contribution in [2.45, 2.75) is 37.6 Å². The fourth-order valence-corrected chi connectivity index (χ4v) is 4.11. The maximum atomic E-state index is 12.1. The Bertz CT molecular complexity index is 831. The number of rotatable bonds is 6. The van der Waals surface area contributed by atoms with Gasteiger partial charge in [0.1, 0.15) is 12.4 Å². The van der Waals surface area contributed by atoms with Gasteiger partial charge in [-0.15, -0.1) is 0 Å². The molecule has 1 spiro atoms. The zero-order chi connectivity index (χ0) is 17.4. The molecular weight excluding hydrogens is 320 g/mol. The molecule has 0 aliphatic heterocycles. The molecule has 1 fully saturated rings. The summed E-state index contributed by atoms with van der Waals surface area (Å²) < 4.78 is 1.43. The molecule has 0 unspecified atom stereocenters. The third-order valence-corrected chi connectivity index (χ3v) is 5.57. The Hall–Kier alpha value is -2.70. The number of hydrogen-bond acceptors (Lipinski definition) is 4. The van der Waals surface area contributed by atoms with Crippen LogP contribution in [-0.4, -0.2) is 27.2 Å². The third-order valence-electron chi connectivity index (χ3n) is 5.57. The van der Waals surface area contributed by atoms with E-state index in [2.05, 4.69) is 34.7 Å². The van der Waals surface area contributed by atoms with E-state index in [1.165, 1.54) is 34.6 Å². The summed E-state index contributed by atoms with van der Waals surface area (Å²) in [4.78, 5) is 22.2. The van der Waals surface area contributed by atoms with E-state index in [4.69, 9.17) is 0 Å². The zero-order valence-electron chi connectivity index (χ0n) is 13.9. The van der Waals surface area contributed by atoms with Gasteiger partial charge >= 0.3 is 5.69 Å². The van der Waals surface area contributed by atoms with Gasteiger partial charge in [-0.1, -0.05) is 24.3 Å². The third kappa shape index (κ3) is 2.90. The standard InChI is InChI=1S/C18H20N4O3/c23-17(6-8-21-12-15(11-20-21)22(24)25)19-10-14-9-18(14)7-5-13-3-1-2-4-16(13)18/h1-4,11-12,14H,5-10H2,(H,19,23)/t14-,18+/m1/s1. The monoisotopic (exact) mass is 340 g/mol. The Balaban J connectivity index is 1.26. The second-order valence-corrected chi connectivity index (χ2v) is 6.99. The number of hydrogen-bond donors (Lipinski definition) is 1. The van der Waals surface area contributed by atoms with Crippen LogP contribution in [0, 0.1) is 16.0 Å². The molecule has 7 heteroatoms. The molecule has 1 aromatic heterocycles. The van der Waals surface area contributed by atoms with Crippen LogP contribution in [0.3, 0.4) is 0 Å². The molecule has 0 radical (unpaired) electrons. The normalized spacial score (nSPS) is 23.4. The molecule has 4 rings (SSSR count). The number of nitrogens with zero attached hydrogens (tertiary/aromatic N) is 3. The van der Waals surface area contributed by atoms with Crippen LogP contribution in [0.25, 0.3) is 0 Å². The molecule has 1 N–H and O–H groups in total. The first-order chi connectivity index (χ1) is 12.1. The van der Waals surface area contributed by atoms with Crippen LogP contribution in [0.4, 0.5) is 5.69 Å². The van der Waals surface area contributed by atoms with Gasteiger partial charge in [0.2, 0.25) is 5.91 Å². The fourth-order valence-electron chi connectivity index (χ4n) is 4.11. The first-order valence-corrected chi connectivity index (χ1v) is 8.60. The fraction of sp³-hybridized carbons (Fsp3) is 0.444. The number of nitrogens with one attached hydrogen (secondary N) is 1. The SMILES string of the molecule is O=C(CCn1cc([N+](=O)[O-])cn1)NC[C@H]1C[C@@]12CCc1ccccc12. The van der Waals surface area contributed by atoms with Gasteiger partial charge in [0.25, 0.3) is 0 Å². The lowest BCUT2D eigenvalue weighted by molar-refractivity contribution is -0.385. The highest BCUT2D eigenvalue weighted by Gasteiger charge is 2.57. The molecule has 2 aromatic rings. The molecule has 1 heterocycles. The predicted octanol–water partition coefficient (Wildman–Crippen LogP) is 2.20. The Kier molecular flexibility index (Phi) is 3.78. The largest absolute Gasteiger partial charge is 0.356 e. The minimum atomic E-state index is -0.491. The highest BCUT2D eigenvalue weighted by molar-refractivity contribution is 5.75. The summed E-state index contributed by atoms with van der Waals surface area (Å²) in [6, 6.07) is 8.63. The number of aromatic nitrogens is 2. The van der Waals surface area contributed by atoms with E-state index in [0.29, 0.717) is 19.0 Å². The van der Waals surface area contributed by atoms with E-state index in [1.54, 1.807) is 0 Å². The molecular formula is C18H20N4O3. The number of carbonyl (C=O) groups excluding carboxylic acids is 1. The van der Waals surface area contributed by atoms with Crippen molar-refractivity contribution in [3.05, 3.63) is 57.9 Å². The summed E-state index contributed by atoms with van der Waals surface area (Å²) >= 11 is 0. The Morgan fingerprint density at radius 2 is 2.28 bits per heavy atom. The first kappa shape index (κ1) is 15.8. The van der Waals surface area contributed by atoms with E-state index in [9.17, 15) is 14.9 Å². The smallest absolute Gasteiger partial charge is 0.306 e. The lowest BCUT2D eigenvalue weighted by Crippen LogP contribution is -2.28. The van der Waals surface area contributed by atoms with Gasteiger partial charge in [-0.25, -0.2) is 0 Å². The second-order valence-electron chi connectivity index (χ2n) is 6.99. The lowest BCUT2D eigenvalue weighted by atomic mass is 9.95. The molecule has 130 valence electrons. The van der Waals surface area contributed by atoms with Crippen molar-refractivity contribution >= 4 is 11.6 Å². The van der Waals surface area contributed by atoms with Crippen LogP contribution >= 0.6 is 0 Å². The molecule has 2 aliphatic rings. The summed E-state index contributed by atoms with van der Waals surface area (Å²) in [7, 11) is 0. The molecule has 1 amide bonds. The van der Waals surface area contributed by atoms with Gasteiger partial charge in [0.15, 0.2) is 0 Å². The van der Waals surface area contributed by atoms with Crippen molar-refractivity contribution in [3.63, 3.8) is 0 Å². The van der Waals surface area contributed by atoms with Crippen molar-refractivity contribution in [1.82, 2.24) is 15.1 Å². The average Bonchev–Trinajstić information content (AvgIpc) is 2.94. The molecule has 1 saturated carbocycles. The maximum absolute atomic E-state index is 12.1. The van der Waals surface area contributed by atoms with E-state index in [1.807, 2.05) is 0 Å². The van der Waals surface area contributed by atoms with Gasteiger partial charge < -0.3 is 5.32 Å². The first-order valence-electron chi connectivity index (χ1n) is 8.60. The van der Waals surface area contributed by atoms with Crippen molar-refractivity contribution in [3.8, 4) is 0 Å². The maximum Gasteiger partial charge on any atom is 0.306 e. The van der Waals surface area contributed by atoms with Gasteiger partial charge in [0.05, 0.1) is 4.92 Å². The van der Waals surface area contributed by atoms with Gasteiger partial charge in [-0.3, -0.25) is 19.6 Å². The molecule has 0 saturated heterocycles. The molecule has 25 heavy (non-hydrogen) atoms. The van der Waals surface area contributed by atoms with Crippen LogP contribution in [0.2, 0.25) is 0 Å². The second kappa shape index (κ2) is 5.98. The average molecular weight is 340 g/mol. The van der Waals surface area contributed by atoms with E-state index in [0.717, 1.165) is 12.8 Å². The quantitative estimate of drug-likeness (QED) is 0.645. The summed E-state index contributed by atoms with van der Waals surface area (Å²) in [5.74, 6) is 0.484. The zero-order valence-corrected chi connectivity index (χ0v) is 13.9. The van der Waals surface area contributed by atoms with Crippen molar-refractivity contribution in [2.75, 3.05) is 6.54 Å². The Labute approximate surface area is 145 Å². The predicted molar refractivity (Wildman–Crippen MR) is 91.1 cm³/mol. The van der Waals surface area contributed by atoms with Crippen molar-refractivity contribution in [1.29, 1.82) is 0 Å². The molecule has 2 atom stereocenters. The molecule has 2 aliphatic carbocycles. The van der Waals surface area contributed by atoms with Crippen molar-refractivity contribution < 1.29 is 9.72 Å². The summed E-state index contributed by atoms with van der Waals surface area (Å²) in [6.45, 7) is 1.05. The van der Waals surface area contributed by atoms with E-state index < -0.39 is 4.92 Å². The molecule has 0 bridgehead atoms. The number of carbonyl (C=O) groups is 1. The summed E-state index contributed by atoms with van der Waals surface area (Å²) in [5, 5.41) is 17.5. The minimum Gasteiger partial charge on any atom is -0.356 e. The van der Waals surface area contributed by atoms with Gasteiger partial charge in [-0.05, 0) is 36.3 Å². The van der Waals surface area contributed by atoms with Crippen LogP contribution in [0.5, 0.6) is 0 Å². The molecule has 7 nitrogen and oxygen atoms in total. The van der Waals surface area contributed by atoms with E-state index in [-0.39, 0.29) is 23.4 Å². The van der Waals surface area contributed by atoms with E-state index >= 15 is 0 Å². The Morgan fingerprint density at radius 1 is 1.44 bits per heavy atom. The van der Waals surface area contributed by atoms with Crippen LogP contribution < -0.4 is 5.32 Å². The van der Waals surface area contributed by atoms with Crippen molar-refractivity contribution in [2.24, 2.45) is 5.92 Å².